The predicted octanol–water partition coefficient (Wildman–Crippen LogP) is 1.89. The Hall–Kier alpha value is -2.82. The van der Waals surface area contributed by atoms with E-state index in [1.54, 1.807) is 35.3 Å². The topological polar surface area (TPSA) is 60.7 Å². The molecule has 0 N–H and O–H groups in total. The first kappa shape index (κ1) is 11.3. The lowest BCUT2D eigenvalue weighted by Crippen LogP contribution is -2.03. The highest BCUT2D eigenvalue weighted by molar-refractivity contribution is 6.06. The lowest BCUT2D eigenvalue weighted by atomic mass is 10.2. The van der Waals surface area contributed by atoms with Gasteiger partial charge in [-0.1, -0.05) is 29.5 Å². The minimum Gasteiger partial charge on any atom is -0.285 e. The zero-order valence-electron chi connectivity index (χ0n) is 9.97. The van der Waals surface area contributed by atoms with Crippen LogP contribution >= 0.6 is 0 Å². The van der Waals surface area contributed by atoms with Gasteiger partial charge in [-0.15, -0.1) is 5.10 Å². The van der Waals surface area contributed by atoms with E-state index in [1.165, 1.54) is 0 Å². The van der Waals surface area contributed by atoms with Crippen LogP contribution in [0.1, 0.15) is 16.2 Å². The summed E-state index contributed by atoms with van der Waals surface area (Å²) in [6.07, 6.45) is 3.18. The lowest BCUT2D eigenvalue weighted by Gasteiger charge is -1.97. The number of pyridine rings is 1. The van der Waals surface area contributed by atoms with Crippen molar-refractivity contribution in [3.05, 3.63) is 72.3 Å². The summed E-state index contributed by atoms with van der Waals surface area (Å²) in [5, 5.41) is 7.84. The van der Waals surface area contributed by atoms with Crippen LogP contribution in [0.2, 0.25) is 0 Å². The van der Waals surface area contributed by atoms with Gasteiger partial charge in [-0.2, -0.15) is 0 Å². The van der Waals surface area contributed by atoms with Gasteiger partial charge in [0, 0.05) is 6.20 Å². The average molecular weight is 250 g/mol. The molecule has 3 rings (SSSR count). The maximum absolute atomic E-state index is 12.1. The van der Waals surface area contributed by atoms with Crippen molar-refractivity contribution in [2.24, 2.45) is 0 Å². The van der Waals surface area contributed by atoms with Gasteiger partial charge in [-0.25, -0.2) is 4.68 Å². The van der Waals surface area contributed by atoms with Crippen molar-refractivity contribution in [2.75, 3.05) is 0 Å². The van der Waals surface area contributed by atoms with Crippen LogP contribution < -0.4 is 0 Å². The fourth-order valence-electron chi connectivity index (χ4n) is 1.70. The minimum absolute atomic E-state index is 0.234. The van der Waals surface area contributed by atoms with Gasteiger partial charge in [0.15, 0.2) is 5.69 Å². The maximum atomic E-state index is 12.1. The summed E-state index contributed by atoms with van der Waals surface area (Å²) >= 11 is 0. The van der Waals surface area contributed by atoms with E-state index in [4.69, 9.17) is 0 Å². The molecular weight excluding hydrogens is 240 g/mol. The Bertz CT molecular complexity index is 692. The summed E-state index contributed by atoms with van der Waals surface area (Å²) in [6.45, 7) is 0. The van der Waals surface area contributed by atoms with Gasteiger partial charge in [-0.05, 0) is 24.3 Å². The number of carbonyl (C=O) groups is 1. The number of carbonyl (C=O) groups excluding carboxylic acids is 1. The second-order valence-corrected chi connectivity index (χ2v) is 3.93. The van der Waals surface area contributed by atoms with Crippen molar-refractivity contribution in [1.29, 1.82) is 0 Å². The Morgan fingerprint density at radius 1 is 0.947 bits per heavy atom. The third-order valence-electron chi connectivity index (χ3n) is 2.64. The second kappa shape index (κ2) is 4.81. The van der Waals surface area contributed by atoms with Crippen LogP contribution in [0.4, 0.5) is 0 Å². The molecule has 2 aromatic heterocycles. The van der Waals surface area contributed by atoms with Crippen LogP contribution in [0.5, 0.6) is 0 Å². The van der Waals surface area contributed by atoms with Gasteiger partial charge in [0.1, 0.15) is 5.69 Å². The summed E-state index contributed by atoms with van der Waals surface area (Å²) in [6, 6.07) is 14.7. The average Bonchev–Trinajstić information content (AvgIpc) is 2.98. The number of benzene rings is 1. The molecule has 2 heterocycles. The first-order valence-electron chi connectivity index (χ1n) is 5.78. The smallest absolute Gasteiger partial charge is 0.233 e. The number of aromatic nitrogens is 4. The van der Waals surface area contributed by atoms with E-state index < -0.39 is 0 Å². The highest BCUT2D eigenvalue weighted by atomic mass is 16.1. The molecule has 0 aliphatic heterocycles. The number of hydrogen-bond donors (Lipinski definition) is 0. The molecule has 19 heavy (non-hydrogen) atoms. The van der Waals surface area contributed by atoms with E-state index in [2.05, 4.69) is 15.3 Å². The van der Waals surface area contributed by atoms with E-state index in [-0.39, 0.29) is 11.5 Å². The molecule has 0 atom stereocenters. The number of hydrogen-bond acceptors (Lipinski definition) is 4. The molecule has 0 spiro atoms. The Balaban J connectivity index is 1.92. The number of para-hydroxylation sites is 1. The van der Waals surface area contributed by atoms with Gasteiger partial charge in [-0.3, -0.25) is 9.78 Å². The SMILES string of the molecule is O=C(c1ccccn1)c1cn(-c2ccccc2)nn1. The van der Waals surface area contributed by atoms with Gasteiger partial charge < -0.3 is 0 Å². The molecule has 1 aromatic carbocycles. The summed E-state index contributed by atoms with van der Waals surface area (Å²) < 4.78 is 1.57. The van der Waals surface area contributed by atoms with Crippen LogP contribution in [0.3, 0.4) is 0 Å². The van der Waals surface area contributed by atoms with Crippen molar-refractivity contribution in [2.45, 2.75) is 0 Å². The highest BCUT2D eigenvalue weighted by Gasteiger charge is 2.14. The Labute approximate surface area is 109 Å². The van der Waals surface area contributed by atoms with Crippen LogP contribution in [0.25, 0.3) is 5.69 Å². The normalized spacial score (nSPS) is 10.3. The molecule has 5 heteroatoms. The molecule has 0 radical (unpaired) electrons. The first-order valence-corrected chi connectivity index (χ1v) is 5.78. The zero-order valence-corrected chi connectivity index (χ0v) is 9.97. The highest BCUT2D eigenvalue weighted by Crippen LogP contribution is 2.08. The van der Waals surface area contributed by atoms with E-state index >= 15 is 0 Å². The largest absolute Gasteiger partial charge is 0.285 e. The third kappa shape index (κ3) is 2.26. The standard InChI is InChI=1S/C14H10N4O/c19-14(12-8-4-5-9-15-12)13-10-18(17-16-13)11-6-2-1-3-7-11/h1-10H. The molecule has 3 aromatic rings. The van der Waals surface area contributed by atoms with Crippen LogP contribution in [0.15, 0.2) is 60.9 Å². The number of ketones is 1. The molecule has 0 unspecified atom stereocenters. The van der Waals surface area contributed by atoms with E-state index in [1.807, 2.05) is 30.3 Å². The van der Waals surface area contributed by atoms with Crippen LogP contribution in [-0.2, 0) is 0 Å². The van der Waals surface area contributed by atoms with Gasteiger partial charge in [0.05, 0.1) is 11.9 Å². The van der Waals surface area contributed by atoms with Crippen LogP contribution in [0, 0.1) is 0 Å². The van der Waals surface area contributed by atoms with Crippen molar-refractivity contribution in [3.8, 4) is 5.69 Å². The summed E-state index contributed by atoms with van der Waals surface area (Å²) in [7, 11) is 0. The molecular formula is C14H10N4O. The van der Waals surface area contributed by atoms with Crippen molar-refractivity contribution in [3.63, 3.8) is 0 Å². The molecule has 0 saturated carbocycles. The summed E-state index contributed by atoms with van der Waals surface area (Å²) in [5.41, 5.74) is 1.50. The fraction of sp³-hybridized carbons (Fsp3) is 0. The zero-order chi connectivity index (χ0) is 13.1. The molecule has 0 saturated heterocycles. The van der Waals surface area contributed by atoms with Gasteiger partial charge in [0.25, 0.3) is 0 Å². The monoisotopic (exact) mass is 250 g/mol. The Morgan fingerprint density at radius 3 is 2.47 bits per heavy atom. The lowest BCUT2D eigenvalue weighted by molar-refractivity contribution is 0.102. The van der Waals surface area contributed by atoms with Gasteiger partial charge >= 0.3 is 0 Å². The van der Waals surface area contributed by atoms with E-state index in [0.29, 0.717) is 5.69 Å². The number of rotatable bonds is 3. The minimum atomic E-state index is -0.234. The van der Waals surface area contributed by atoms with Gasteiger partial charge in [0.2, 0.25) is 5.78 Å². The number of nitrogens with zero attached hydrogens (tertiary/aromatic N) is 4. The molecule has 0 bridgehead atoms. The van der Waals surface area contributed by atoms with Crippen molar-refractivity contribution < 1.29 is 4.79 Å². The Morgan fingerprint density at radius 2 is 1.74 bits per heavy atom. The summed E-state index contributed by atoms with van der Waals surface area (Å²) in [4.78, 5) is 16.1. The molecule has 0 amide bonds. The predicted molar refractivity (Wildman–Crippen MR) is 69.0 cm³/mol. The van der Waals surface area contributed by atoms with E-state index in [0.717, 1.165) is 5.69 Å². The molecule has 5 nitrogen and oxygen atoms in total. The van der Waals surface area contributed by atoms with Crippen molar-refractivity contribution in [1.82, 2.24) is 20.0 Å². The molecule has 0 aliphatic carbocycles. The first-order chi connectivity index (χ1) is 9.34. The fourth-order valence-corrected chi connectivity index (χ4v) is 1.70. The molecule has 0 aliphatic rings. The Kier molecular flexibility index (Phi) is 2.86. The summed E-state index contributed by atoms with van der Waals surface area (Å²) in [5.74, 6) is -0.234. The third-order valence-corrected chi connectivity index (χ3v) is 2.64. The quantitative estimate of drug-likeness (QED) is 0.666. The van der Waals surface area contributed by atoms with E-state index in [9.17, 15) is 4.79 Å². The van der Waals surface area contributed by atoms with Crippen LogP contribution in [-0.4, -0.2) is 25.8 Å². The molecule has 92 valence electrons. The second-order valence-electron chi connectivity index (χ2n) is 3.93. The molecule has 0 fully saturated rings. The maximum Gasteiger partial charge on any atom is 0.233 e. The van der Waals surface area contributed by atoms with Crippen molar-refractivity contribution >= 4 is 5.78 Å².